The smallest absolute Gasteiger partial charge is 0.260 e. The maximum absolute atomic E-state index is 12.1. The molecule has 4 N–H and O–H groups in total. The molecule has 0 saturated carbocycles. The molecule has 1 aromatic carbocycles. The molecule has 0 fully saturated rings. The molecule has 0 radical (unpaired) electrons. The second kappa shape index (κ2) is 4.08. The molecule has 6 heteroatoms. The molecular formula is C13H14ClN3OS. The Morgan fingerprint density at radius 3 is 2.89 bits per heavy atom. The van der Waals surface area contributed by atoms with Crippen LogP contribution in [0.4, 0.5) is 11.4 Å². The molecule has 4 nitrogen and oxygen atoms in total. The van der Waals surface area contributed by atoms with E-state index in [1.165, 1.54) is 11.8 Å². The van der Waals surface area contributed by atoms with E-state index in [9.17, 15) is 4.79 Å². The van der Waals surface area contributed by atoms with Crippen molar-refractivity contribution in [3.05, 3.63) is 27.8 Å². The van der Waals surface area contributed by atoms with Crippen LogP contribution in [0, 0.1) is 0 Å². The molecule has 0 unspecified atom stereocenters. The van der Waals surface area contributed by atoms with E-state index in [2.05, 4.69) is 10.6 Å². The van der Waals surface area contributed by atoms with Crippen molar-refractivity contribution in [2.24, 2.45) is 0 Å². The maximum Gasteiger partial charge on any atom is 0.260 e. The summed E-state index contributed by atoms with van der Waals surface area (Å²) in [5, 5.41) is 6.83. The number of hydrogen-bond acceptors (Lipinski definition) is 4. The lowest BCUT2D eigenvalue weighted by Gasteiger charge is -2.36. The maximum atomic E-state index is 12.1. The quantitative estimate of drug-likeness (QED) is 0.644. The summed E-state index contributed by atoms with van der Waals surface area (Å²) in [6.45, 7) is 4.01. The van der Waals surface area contributed by atoms with E-state index in [4.69, 9.17) is 17.3 Å². The zero-order chi connectivity index (χ0) is 13.8. The second-order valence-corrected chi connectivity index (χ2v) is 6.88. The normalized spacial score (nSPS) is 20.3. The number of carbonyl (C=O) groups is 1. The fourth-order valence-electron chi connectivity index (χ4n) is 2.30. The van der Waals surface area contributed by atoms with E-state index in [1.807, 2.05) is 19.9 Å². The van der Waals surface area contributed by atoms with Gasteiger partial charge in [-0.05, 0) is 26.0 Å². The Balaban J connectivity index is 2.03. The van der Waals surface area contributed by atoms with Crippen LogP contribution in [0.1, 0.15) is 20.3 Å². The molecule has 0 bridgehead atoms. The highest BCUT2D eigenvalue weighted by Gasteiger charge is 2.35. The Morgan fingerprint density at radius 2 is 2.16 bits per heavy atom. The highest BCUT2D eigenvalue weighted by atomic mass is 35.5. The number of rotatable bonds is 0. The van der Waals surface area contributed by atoms with Gasteiger partial charge in [-0.3, -0.25) is 4.79 Å². The first kappa shape index (κ1) is 12.7. The SMILES string of the molecule is CC1(C)CC2=C(Sc3cc(N)c(Cl)cc3N2)C(=O)N1. The predicted molar refractivity (Wildman–Crippen MR) is 79.2 cm³/mol. The standard InChI is InChI=1S/C13H14ClN3OS/c1-13(2)5-9-11(12(18)17-13)19-10-4-7(15)6(14)3-8(10)16-9/h3-4,16H,5,15H2,1-2H3,(H,17,18). The van der Waals surface area contributed by atoms with Gasteiger partial charge in [0, 0.05) is 22.6 Å². The van der Waals surface area contributed by atoms with E-state index in [0.717, 1.165) is 22.7 Å². The molecule has 0 aromatic heterocycles. The number of nitrogens with two attached hydrogens (primary N) is 1. The third-order valence-electron chi connectivity index (χ3n) is 3.15. The predicted octanol–water partition coefficient (Wildman–Crippen LogP) is 2.95. The van der Waals surface area contributed by atoms with Gasteiger partial charge in [0.05, 0.1) is 21.3 Å². The van der Waals surface area contributed by atoms with Gasteiger partial charge in [-0.1, -0.05) is 23.4 Å². The molecule has 3 rings (SSSR count). The van der Waals surface area contributed by atoms with Crippen LogP contribution in [0.15, 0.2) is 27.6 Å². The molecule has 0 atom stereocenters. The molecule has 100 valence electrons. The number of fused-ring (bicyclic) bond motifs is 1. The van der Waals surface area contributed by atoms with Gasteiger partial charge in [0.1, 0.15) is 0 Å². The Labute approximate surface area is 120 Å². The Kier molecular flexibility index (Phi) is 2.73. The molecule has 2 aliphatic rings. The molecule has 0 aliphatic carbocycles. The molecule has 2 heterocycles. The Bertz CT molecular complexity index is 625. The van der Waals surface area contributed by atoms with Crippen molar-refractivity contribution in [2.75, 3.05) is 11.1 Å². The molecule has 19 heavy (non-hydrogen) atoms. The van der Waals surface area contributed by atoms with E-state index in [0.29, 0.717) is 15.6 Å². The number of benzene rings is 1. The molecular weight excluding hydrogens is 282 g/mol. The third-order valence-corrected chi connectivity index (χ3v) is 4.67. The van der Waals surface area contributed by atoms with Crippen molar-refractivity contribution in [3.8, 4) is 0 Å². The summed E-state index contributed by atoms with van der Waals surface area (Å²) in [6, 6.07) is 3.61. The van der Waals surface area contributed by atoms with Crippen molar-refractivity contribution in [1.82, 2.24) is 5.32 Å². The number of amides is 1. The van der Waals surface area contributed by atoms with Gasteiger partial charge in [-0.25, -0.2) is 0 Å². The summed E-state index contributed by atoms with van der Waals surface area (Å²) in [4.78, 5) is 13.8. The molecule has 2 aliphatic heterocycles. The van der Waals surface area contributed by atoms with Gasteiger partial charge < -0.3 is 16.4 Å². The van der Waals surface area contributed by atoms with E-state index in [1.54, 1.807) is 6.07 Å². The van der Waals surface area contributed by atoms with Gasteiger partial charge in [-0.2, -0.15) is 0 Å². The van der Waals surface area contributed by atoms with Gasteiger partial charge in [0.25, 0.3) is 5.91 Å². The van der Waals surface area contributed by atoms with E-state index in [-0.39, 0.29) is 11.4 Å². The minimum atomic E-state index is -0.238. The highest BCUT2D eigenvalue weighted by molar-refractivity contribution is 8.04. The first-order chi connectivity index (χ1) is 8.85. The summed E-state index contributed by atoms with van der Waals surface area (Å²) < 4.78 is 0. The Hall–Kier alpha value is -1.33. The number of hydrogen-bond donors (Lipinski definition) is 3. The minimum absolute atomic E-state index is 0.0390. The van der Waals surface area contributed by atoms with E-state index < -0.39 is 0 Å². The first-order valence-electron chi connectivity index (χ1n) is 5.95. The highest BCUT2D eigenvalue weighted by Crippen LogP contribution is 2.45. The summed E-state index contributed by atoms with van der Waals surface area (Å²) in [5.41, 5.74) is 7.95. The van der Waals surface area contributed by atoms with Crippen LogP contribution >= 0.6 is 23.4 Å². The van der Waals surface area contributed by atoms with Crippen LogP contribution in [0.25, 0.3) is 0 Å². The van der Waals surface area contributed by atoms with Crippen molar-refractivity contribution >= 4 is 40.6 Å². The zero-order valence-electron chi connectivity index (χ0n) is 10.6. The van der Waals surface area contributed by atoms with Crippen LogP contribution in [-0.2, 0) is 4.79 Å². The van der Waals surface area contributed by atoms with Gasteiger partial charge in [0.15, 0.2) is 0 Å². The van der Waals surface area contributed by atoms with Crippen molar-refractivity contribution in [3.63, 3.8) is 0 Å². The van der Waals surface area contributed by atoms with Crippen molar-refractivity contribution < 1.29 is 4.79 Å². The average molecular weight is 296 g/mol. The third kappa shape index (κ3) is 2.17. The first-order valence-corrected chi connectivity index (χ1v) is 7.15. The van der Waals surface area contributed by atoms with Crippen LogP contribution in [0.5, 0.6) is 0 Å². The number of carbonyl (C=O) groups excluding carboxylic acids is 1. The van der Waals surface area contributed by atoms with Crippen molar-refractivity contribution in [2.45, 2.75) is 30.7 Å². The number of halogens is 1. The van der Waals surface area contributed by atoms with Gasteiger partial charge >= 0.3 is 0 Å². The summed E-state index contributed by atoms with van der Waals surface area (Å²) in [7, 11) is 0. The monoisotopic (exact) mass is 295 g/mol. The van der Waals surface area contributed by atoms with E-state index >= 15 is 0 Å². The van der Waals surface area contributed by atoms with Crippen LogP contribution < -0.4 is 16.4 Å². The van der Waals surface area contributed by atoms with Gasteiger partial charge in [-0.15, -0.1) is 0 Å². The number of nitrogen functional groups attached to an aromatic ring is 1. The Morgan fingerprint density at radius 1 is 1.42 bits per heavy atom. The summed E-state index contributed by atoms with van der Waals surface area (Å²) >= 11 is 7.47. The van der Waals surface area contributed by atoms with Crippen LogP contribution in [0.3, 0.4) is 0 Å². The zero-order valence-corrected chi connectivity index (χ0v) is 12.2. The summed E-state index contributed by atoms with van der Waals surface area (Å²) in [6.07, 6.45) is 0.766. The lowest BCUT2D eigenvalue weighted by atomic mass is 9.94. The number of nitrogens with one attached hydrogen (secondary N) is 2. The number of thioether (sulfide) groups is 1. The second-order valence-electron chi connectivity index (χ2n) is 5.42. The fourth-order valence-corrected chi connectivity index (χ4v) is 3.48. The lowest BCUT2D eigenvalue weighted by molar-refractivity contribution is -0.118. The molecule has 0 saturated heterocycles. The summed E-state index contributed by atoms with van der Waals surface area (Å²) in [5.74, 6) is -0.0390. The minimum Gasteiger partial charge on any atom is -0.397 e. The molecule has 1 aromatic rings. The van der Waals surface area contributed by atoms with Crippen molar-refractivity contribution in [1.29, 1.82) is 0 Å². The number of anilines is 2. The fraction of sp³-hybridized carbons (Fsp3) is 0.308. The molecule has 1 amide bonds. The topological polar surface area (TPSA) is 67.1 Å². The lowest BCUT2D eigenvalue weighted by Crippen LogP contribution is -2.48. The van der Waals surface area contributed by atoms with Crippen LogP contribution in [-0.4, -0.2) is 11.4 Å². The van der Waals surface area contributed by atoms with Gasteiger partial charge in [0.2, 0.25) is 0 Å². The average Bonchev–Trinajstić information content (AvgIpc) is 2.28. The van der Waals surface area contributed by atoms with Crippen LogP contribution in [0.2, 0.25) is 5.02 Å². The molecule has 0 spiro atoms. The largest absolute Gasteiger partial charge is 0.397 e.